The van der Waals surface area contributed by atoms with Crippen LogP contribution in [0.3, 0.4) is 0 Å². The Morgan fingerprint density at radius 2 is 2.32 bits per heavy atom. The summed E-state index contributed by atoms with van der Waals surface area (Å²) in [5, 5.41) is 19.8. The summed E-state index contributed by atoms with van der Waals surface area (Å²) >= 11 is 0. The molecule has 0 aromatic carbocycles. The Bertz CT molecular complexity index is 444. The molecule has 0 radical (unpaired) electrons. The third-order valence-electron chi connectivity index (χ3n) is 3.40. The van der Waals surface area contributed by atoms with Gasteiger partial charge in [-0.3, -0.25) is 0 Å². The van der Waals surface area contributed by atoms with Gasteiger partial charge in [0.15, 0.2) is 11.7 Å². The van der Waals surface area contributed by atoms with Crippen LogP contribution in [-0.2, 0) is 4.74 Å². The second-order valence-corrected chi connectivity index (χ2v) is 4.64. The summed E-state index contributed by atoms with van der Waals surface area (Å²) in [6.45, 7) is 2.54. The molecule has 3 N–H and O–H groups in total. The average molecular weight is 265 g/mol. The molecule has 7 heteroatoms. The van der Waals surface area contributed by atoms with Crippen LogP contribution in [-0.4, -0.2) is 48.0 Å². The number of ether oxygens (including phenoxy) is 1. The summed E-state index contributed by atoms with van der Waals surface area (Å²) in [7, 11) is 1.73. The van der Waals surface area contributed by atoms with Gasteiger partial charge >= 0.3 is 0 Å². The molecule has 0 amide bonds. The smallest absolute Gasteiger partial charge is 0.173 e. The predicted octanol–water partition coefficient (Wildman–Crippen LogP) is 0.434. The molecule has 0 spiro atoms. The lowest BCUT2D eigenvalue weighted by Gasteiger charge is -2.32. The molecule has 1 aliphatic heterocycles. The third kappa shape index (κ3) is 3.11. The Balaban J connectivity index is 2.11. The molecule has 7 nitrogen and oxygen atoms in total. The van der Waals surface area contributed by atoms with Crippen molar-refractivity contribution in [3.8, 4) is 0 Å². The van der Waals surface area contributed by atoms with Crippen molar-refractivity contribution in [3.63, 3.8) is 0 Å². The molecule has 0 bridgehead atoms. The Labute approximate surface area is 112 Å². The lowest BCUT2D eigenvalue weighted by Crippen LogP contribution is -2.37. The lowest BCUT2D eigenvalue weighted by atomic mass is 9.97. The number of aromatic nitrogens is 2. The van der Waals surface area contributed by atoms with Crippen molar-refractivity contribution in [2.24, 2.45) is 16.8 Å². The van der Waals surface area contributed by atoms with Crippen LogP contribution in [0.25, 0.3) is 0 Å². The van der Waals surface area contributed by atoms with Gasteiger partial charge in [0.05, 0.1) is 11.8 Å². The zero-order valence-electron chi connectivity index (χ0n) is 11.0. The minimum Gasteiger partial charge on any atom is -0.409 e. The summed E-state index contributed by atoms with van der Waals surface area (Å²) in [5.41, 5.74) is 6.28. The number of piperidine rings is 1. The molecule has 0 atom stereocenters. The highest BCUT2D eigenvalue weighted by Gasteiger charge is 2.23. The van der Waals surface area contributed by atoms with E-state index in [1.54, 1.807) is 13.2 Å². The predicted molar refractivity (Wildman–Crippen MR) is 71.4 cm³/mol. The number of nitrogens with two attached hydrogens (primary N) is 1. The SMILES string of the molecule is COCC1CCN(c2nnccc2/C(N)=N/O)CC1. The highest BCUT2D eigenvalue weighted by atomic mass is 16.5. The third-order valence-corrected chi connectivity index (χ3v) is 3.40. The van der Waals surface area contributed by atoms with Gasteiger partial charge in [0.25, 0.3) is 0 Å². The first kappa shape index (κ1) is 13.5. The monoisotopic (exact) mass is 265 g/mol. The second-order valence-electron chi connectivity index (χ2n) is 4.64. The van der Waals surface area contributed by atoms with E-state index in [4.69, 9.17) is 15.7 Å². The average Bonchev–Trinajstić information content (AvgIpc) is 2.47. The molecule has 1 aromatic heterocycles. The Hall–Kier alpha value is -1.89. The van der Waals surface area contributed by atoms with Crippen molar-refractivity contribution in [1.29, 1.82) is 0 Å². The van der Waals surface area contributed by atoms with Crippen LogP contribution in [0.15, 0.2) is 17.4 Å². The van der Waals surface area contributed by atoms with E-state index >= 15 is 0 Å². The summed E-state index contributed by atoms with van der Waals surface area (Å²) in [5.74, 6) is 1.32. The van der Waals surface area contributed by atoms with Crippen LogP contribution in [0.2, 0.25) is 0 Å². The number of anilines is 1. The van der Waals surface area contributed by atoms with E-state index in [0.717, 1.165) is 32.5 Å². The van der Waals surface area contributed by atoms with Crippen LogP contribution in [0.1, 0.15) is 18.4 Å². The number of hydrogen-bond acceptors (Lipinski definition) is 6. The first-order valence-corrected chi connectivity index (χ1v) is 6.29. The number of oxime groups is 1. The van der Waals surface area contributed by atoms with Gasteiger partial charge in [-0.2, -0.15) is 5.10 Å². The van der Waals surface area contributed by atoms with Gasteiger partial charge in [-0.15, -0.1) is 5.10 Å². The van der Waals surface area contributed by atoms with Crippen LogP contribution in [0.4, 0.5) is 5.82 Å². The van der Waals surface area contributed by atoms with Gasteiger partial charge in [0.1, 0.15) is 0 Å². The van der Waals surface area contributed by atoms with Gasteiger partial charge in [0.2, 0.25) is 0 Å². The van der Waals surface area contributed by atoms with E-state index < -0.39 is 0 Å². The van der Waals surface area contributed by atoms with E-state index in [-0.39, 0.29) is 5.84 Å². The highest BCUT2D eigenvalue weighted by Crippen LogP contribution is 2.24. The number of methoxy groups -OCH3 is 1. The molecular weight excluding hydrogens is 246 g/mol. The van der Waals surface area contributed by atoms with Gasteiger partial charge in [-0.25, -0.2) is 0 Å². The largest absolute Gasteiger partial charge is 0.409 e. The number of nitrogens with zero attached hydrogens (tertiary/aromatic N) is 4. The maximum Gasteiger partial charge on any atom is 0.173 e. The van der Waals surface area contributed by atoms with Gasteiger partial charge in [-0.05, 0) is 24.8 Å². The number of amidine groups is 1. The second kappa shape index (κ2) is 6.33. The molecular formula is C12H19N5O2. The summed E-state index contributed by atoms with van der Waals surface area (Å²) in [4.78, 5) is 2.12. The van der Waals surface area contributed by atoms with Crippen molar-refractivity contribution in [2.45, 2.75) is 12.8 Å². The van der Waals surface area contributed by atoms with E-state index in [2.05, 4.69) is 20.3 Å². The zero-order chi connectivity index (χ0) is 13.7. The zero-order valence-corrected chi connectivity index (χ0v) is 11.0. The van der Waals surface area contributed by atoms with E-state index in [9.17, 15) is 0 Å². The fraction of sp³-hybridized carbons (Fsp3) is 0.583. The summed E-state index contributed by atoms with van der Waals surface area (Å²) in [6.07, 6.45) is 3.62. The fourth-order valence-corrected chi connectivity index (χ4v) is 2.36. The first-order valence-electron chi connectivity index (χ1n) is 6.29. The Kier molecular flexibility index (Phi) is 4.51. The van der Waals surface area contributed by atoms with Crippen molar-refractivity contribution in [2.75, 3.05) is 31.7 Å². The molecule has 2 rings (SSSR count). The van der Waals surface area contributed by atoms with Crippen molar-refractivity contribution in [1.82, 2.24) is 10.2 Å². The minimum atomic E-state index is 0.0592. The highest BCUT2D eigenvalue weighted by molar-refractivity contribution is 6.01. The van der Waals surface area contributed by atoms with Gasteiger partial charge in [0, 0.05) is 26.8 Å². The maximum atomic E-state index is 8.80. The van der Waals surface area contributed by atoms with Crippen LogP contribution >= 0.6 is 0 Å². The summed E-state index contributed by atoms with van der Waals surface area (Å²) in [6, 6.07) is 1.71. The van der Waals surface area contributed by atoms with E-state index in [0.29, 0.717) is 17.3 Å². The van der Waals surface area contributed by atoms with Crippen molar-refractivity contribution < 1.29 is 9.94 Å². The molecule has 1 saturated heterocycles. The molecule has 2 heterocycles. The van der Waals surface area contributed by atoms with Crippen molar-refractivity contribution in [3.05, 3.63) is 17.8 Å². The fourth-order valence-electron chi connectivity index (χ4n) is 2.36. The van der Waals surface area contributed by atoms with Crippen molar-refractivity contribution >= 4 is 11.7 Å². The van der Waals surface area contributed by atoms with E-state index in [1.165, 1.54) is 6.20 Å². The van der Waals surface area contributed by atoms with Gasteiger partial charge < -0.3 is 20.6 Å². The molecule has 19 heavy (non-hydrogen) atoms. The molecule has 104 valence electrons. The number of rotatable bonds is 4. The topological polar surface area (TPSA) is 96.9 Å². The molecule has 1 fully saturated rings. The van der Waals surface area contributed by atoms with E-state index in [1.807, 2.05) is 0 Å². The Morgan fingerprint density at radius 3 is 2.95 bits per heavy atom. The quantitative estimate of drug-likeness (QED) is 0.355. The van der Waals surface area contributed by atoms with Crippen LogP contribution in [0, 0.1) is 5.92 Å². The van der Waals surface area contributed by atoms with Crippen LogP contribution < -0.4 is 10.6 Å². The standard InChI is InChI=1S/C12H19N5O2/c1-19-8-9-3-6-17(7-4-9)12-10(11(13)16-18)2-5-14-15-12/h2,5,9,18H,3-4,6-8H2,1H3,(H2,13,16). The molecule has 0 unspecified atom stereocenters. The number of hydrogen-bond donors (Lipinski definition) is 2. The van der Waals surface area contributed by atoms with Crippen LogP contribution in [0.5, 0.6) is 0 Å². The molecule has 0 saturated carbocycles. The van der Waals surface area contributed by atoms with Gasteiger partial charge in [-0.1, -0.05) is 5.16 Å². The molecule has 1 aliphatic rings. The maximum absolute atomic E-state index is 8.80. The Morgan fingerprint density at radius 1 is 1.58 bits per heavy atom. The lowest BCUT2D eigenvalue weighted by molar-refractivity contribution is 0.139. The minimum absolute atomic E-state index is 0.0592. The first-order chi connectivity index (χ1) is 9.26. The molecule has 0 aliphatic carbocycles. The summed E-state index contributed by atoms with van der Waals surface area (Å²) < 4.78 is 5.18. The normalized spacial score (nSPS) is 17.7. The molecule has 1 aromatic rings.